The summed E-state index contributed by atoms with van der Waals surface area (Å²) in [5.41, 5.74) is 2.80. The van der Waals surface area contributed by atoms with Crippen LogP contribution in [0.5, 0.6) is 0 Å². The fraction of sp³-hybridized carbons (Fsp3) is 0.148. The summed E-state index contributed by atoms with van der Waals surface area (Å²) in [6.45, 7) is 2.06. The van der Waals surface area contributed by atoms with Crippen molar-refractivity contribution >= 4 is 17.5 Å². The van der Waals surface area contributed by atoms with Crippen LogP contribution in [-0.4, -0.2) is 28.8 Å². The number of hydrogen-bond donors (Lipinski definition) is 2. The highest BCUT2D eigenvalue weighted by Gasteiger charge is 2.28. The summed E-state index contributed by atoms with van der Waals surface area (Å²) in [6, 6.07) is 8.56. The molecule has 2 amide bonds. The average molecular weight is 508 g/mol. The van der Waals surface area contributed by atoms with Crippen molar-refractivity contribution in [2.75, 3.05) is 11.9 Å². The number of fused-ring (bicyclic) bond motifs is 1. The second-order valence-corrected chi connectivity index (χ2v) is 8.77. The number of aromatic nitrogens is 2. The summed E-state index contributed by atoms with van der Waals surface area (Å²) in [5, 5.41) is 2.77. The van der Waals surface area contributed by atoms with Crippen molar-refractivity contribution in [1.29, 1.82) is 0 Å². The van der Waals surface area contributed by atoms with Crippen LogP contribution in [0.1, 0.15) is 27.2 Å². The fourth-order valence-electron chi connectivity index (χ4n) is 4.51. The van der Waals surface area contributed by atoms with Gasteiger partial charge in [0.2, 0.25) is 5.91 Å². The zero-order chi connectivity index (χ0) is 26.4. The summed E-state index contributed by atoms with van der Waals surface area (Å²) in [4.78, 5) is 33.4. The molecule has 0 spiro atoms. The molecule has 0 fully saturated rings. The van der Waals surface area contributed by atoms with Crippen molar-refractivity contribution in [2.45, 2.75) is 19.9 Å². The molecule has 2 heterocycles. The second-order valence-electron chi connectivity index (χ2n) is 8.77. The van der Waals surface area contributed by atoms with Crippen LogP contribution in [0, 0.1) is 30.2 Å². The van der Waals surface area contributed by atoms with Crippen LogP contribution in [0.2, 0.25) is 0 Å². The Morgan fingerprint density at radius 3 is 2.30 bits per heavy atom. The van der Waals surface area contributed by atoms with E-state index in [2.05, 4.69) is 15.3 Å². The average Bonchev–Trinajstić information content (AvgIpc) is 3.44. The highest BCUT2D eigenvalue weighted by molar-refractivity contribution is 6.06. The monoisotopic (exact) mass is 508 g/mol. The molecule has 0 aliphatic carbocycles. The van der Waals surface area contributed by atoms with Gasteiger partial charge < -0.3 is 15.2 Å². The number of anilines is 1. The van der Waals surface area contributed by atoms with Gasteiger partial charge in [0, 0.05) is 48.7 Å². The van der Waals surface area contributed by atoms with Gasteiger partial charge in [0.1, 0.15) is 23.1 Å². The SMILES string of the molecule is Cc1cnc(-c2ccc(-c3ccc(CC(=O)N(C)c4c(F)cc(F)cc4F)cc3F)c3c2C(=O)NC3)[nH]1. The number of imidazole rings is 1. The van der Waals surface area contributed by atoms with Crippen molar-refractivity contribution in [3.8, 4) is 22.5 Å². The van der Waals surface area contributed by atoms with E-state index >= 15 is 4.39 Å². The Morgan fingerprint density at radius 2 is 1.65 bits per heavy atom. The lowest BCUT2D eigenvalue weighted by atomic mass is 9.92. The molecule has 188 valence electrons. The van der Waals surface area contributed by atoms with Crippen LogP contribution in [-0.2, 0) is 17.8 Å². The van der Waals surface area contributed by atoms with E-state index in [4.69, 9.17) is 0 Å². The molecule has 6 nitrogen and oxygen atoms in total. The van der Waals surface area contributed by atoms with E-state index in [9.17, 15) is 22.8 Å². The first kappa shape index (κ1) is 24.2. The zero-order valence-corrected chi connectivity index (χ0v) is 19.8. The van der Waals surface area contributed by atoms with Gasteiger partial charge in [0.15, 0.2) is 11.6 Å². The molecule has 0 radical (unpaired) electrons. The Balaban J connectivity index is 1.44. The molecular formula is C27H20F4N4O2. The minimum absolute atomic E-state index is 0.219. The normalized spacial score (nSPS) is 12.4. The van der Waals surface area contributed by atoms with Crippen molar-refractivity contribution in [2.24, 2.45) is 0 Å². The molecule has 5 rings (SSSR count). The molecule has 37 heavy (non-hydrogen) atoms. The van der Waals surface area contributed by atoms with Gasteiger partial charge in [-0.1, -0.05) is 18.2 Å². The van der Waals surface area contributed by atoms with Crippen LogP contribution in [0.25, 0.3) is 22.5 Å². The maximum atomic E-state index is 15.3. The number of aromatic amines is 1. The third-order valence-electron chi connectivity index (χ3n) is 6.29. The highest BCUT2D eigenvalue weighted by Crippen LogP contribution is 2.36. The minimum atomic E-state index is -1.22. The first-order valence-electron chi connectivity index (χ1n) is 11.3. The summed E-state index contributed by atoms with van der Waals surface area (Å²) < 4.78 is 56.6. The number of nitrogens with one attached hydrogen (secondary N) is 2. The molecule has 10 heteroatoms. The number of benzene rings is 3. The first-order valence-corrected chi connectivity index (χ1v) is 11.3. The number of aryl methyl sites for hydroxylation is 1. The topological polar surface area (TPSA) is 78.1 Å². The predicted octanol–water partition coefficient (Wildman–Crippen LogP) is 5.06. The summed E-state index contributed by atoms with van der Waals surface area (Å²) in [5.74, 6) is -4.65. The minimum Gasteiger partial charge on any atom is -0.348 e. The molecule has 2 N–H and O–H groups in total. The Hall–Kier alpha value is -4.47. The van der Waals surface area contributed by atoms with Crippen molar-refractivity contribution in [3.05, 3.63) is 94.3 Å². The number of amides is 2. The Kier molecular flexibility index (Phi) is 6.02. The molecule has 4 aromatic rings. The largest absolute Gasteiger partial charge is 0.348 e. The Bertz CT molecular complexity index is 1560. The van der Waals surface area contributed by atoms with Crippen LogP contribution in [0.4, 0.5) is 23.2 Å². The van der Waals surface area contributed by atoms with Gasteiger partial charge in [-0.15, -0.1) is 0 Å². The molecule has 0 saturated carbocycles. The molecule has 0 saturated heterocycles. The van der Waals surface area contributed by atoms with Crippen molar-refractivity contribution in [1.82, 2.24) is 15.3 Å². The molecule has 0 bridgehead atoms. The standard InChI is InChI=1S/C27H20F4N4O2/c1-13-11-32-26(34-13)18-6-5-16(19-12-33-27(37)24(18)19)17-4-3-14(7-20(17)29)8-23(36)35(2)25-21(30)9-15(28)10-22(25)31/h3-7,9-11H,8,12H2,1-2H3,(H,32,34)(H,33,37). The molecule has 1 aliphatic heterocycles. The van der Waals surface area contributed by atoms with Crippen LogP contribution in [0.15, 0.2) is 48.7 Å². The maximum Gasteiger partial charge on any atom is 0.252 e. The maximum absolute atomic E-state index is 15.3. The molecule has 0 atom stereocenters. The number of H-pyrrole nitrogens is 1. The fourth-order valence-corrected chi connectivity index (χ4v) is 4.51. The van der Waals surface area contributed by atoms with Crippen molar-refractivity contribution in [3.63, 3.8) is 0 Å². The van der Waals surface area contributed by atoms with E-state index in [1.165, 1.54) is 18.2 Å². The smallest absolute Gasteiger partial charge is 0.252 e. The van der Waals surface area contributed by atoms with Gasteiger partial charge in [-0.25, -0.2) is 22.5 Å². The Morgan fingerprint density at radius 1 is 0.973 bits per heavy atom. The number of halogens is 4. The van der Waals surface area contributed by atoms with Crippen molar-refractivity contribution < 1.29 is 27.2 Å². The lowest BCUT2D eigenvalue weighted by Gasteiger charge is -2.19. The Labute approximate surface area is 209 Å². The van der Waals surface area contributed by atoms with Gasteiger partial charge in [-0.05, 0) is 35.7 Å². The van der Waals surface area contributed by atoms with E-state index in [0.29, 0.717) is 40.2 Å². The first-order chi connectivity index (χ1) is 17.6. The van der Waals surface area contributed by atoms with Gasteiger partial charge in [0.05, 0.1) is 12.0 Å². The quantitative estimate of drug-likeness (QED) is 0.370. The summed E-state index contributed by atoms with van der Waals surface area (Å²) >= 11 is 0. The predicted molar refractivity (Wildman–Crippen MR) is 129 cm³/mol. The van der Waals surface area contributed by atoms with Crippen LogP contribution in [0.3, 0.4) is 0 Å². The third kappa shape index (κ3) is 4.35. The van der Waals surface area contributed by atoms with E-state index in [-0.39, 0.29) is 30.0 Å². The number of carbonyl (C=O) groups excluding carboxylic acids is 2. The summed E-state index contributed by atoms with van der Waals surface area (Å²) in [7, 11) is 1.15. The molecule has 1 aliphatic rings. The molecule has 3 aromatic carbocycles. The zero-order valence-electron chi connectivity index (χ0n) is 19.8. The third-order valence-corrected chi connectivity index (χ3v) is 6.29. The number of hydrogen-bond acceptors (Lipinski definition) is 3. The second kappa shape index (κ2) is 9.20. The van der Waals surface area contributed by atoms with Crippen LogP contribution < -0.4 is 10.2 Å². The molecule has 0 unspecified atom stereocenters. The number of nitrogens with zero attached hydrogens (tertiary/aromatic N) is 2. The number of carbonyl (C=O) groups is 2. The summed E-state index contributed by atoms with van der Waals surface area (Å²) in [6.07, 6.45) is 1.30. The van der Waals surface area contributed by atoms with E-state index < -0.39 is 34.9 Å². The van der Waals surface area contributed by atoms with Gasteiger partial charge in [-0.3, -0.25) is 9.59 Å². The lowest BCUT2D eigenvalue weighted by Crippen LogP contribution is -2.29. The van der Waals surface area contributed by atoms with Gasteiger partial charge >= 0.3 is 0 Å². The van der Waals surface area contributed by atoms with E-state index in [1.807, 2.05) is 6.92 Å². The van der Waals surface area contributed by atoms with Crippen LogP contribution >= 0.6 is 0 Å². The molecular weight excluding hydrogens is 488 g/mol. The lowest BCUT2D eigenvalue weighted by molar-refractivity contribution is -0.117. The highest BCUT2D eigenvalue weighted by atomic mass is 19.1. The van der Waals surface area contributed by atoms with E-state index in [0.717, 1.165) is 17.6 Å². The number of likely N-dealkylation sites (N-methyl/N-ethyl adjacent to an activating group) is 1. The molecule has 1 aromatic heterocycles. The van der Waals surface area contributed by atoms with Gasteiger partial charge in [-0.2, -0.15) is 0 Å². The number of rotatable bonds is 5. The van der Waals surface area contributed by atoms with Gasteiger partial charge in [0.25, 0.3) is 5.91 Å². The van der Waals surface area contributed by atoms with E-state index in [1.54, 1.807) is 18.3 Å².